The van der Waals surface area contributed by atoms with E-state index in [9.17, 15) is 0 Å². The minimum absolute atomic E-state index is 0.864. The van der Waals surface area contributed by atoms with Crippen molar-refractivity contribution in [1.29, 1.82) is 0 Å². The summed E-state index contributed by atoms with van der Waals surface area (Å²) in [5.41, 5.74) is 11.8. The molecule has 0 aliphatic heterocycles. The molecule has 3 aromatic rings. The third kappa shape index (κ3) is 1.97. The normalized spacial score (nSPS) is 10.8. The fourth-order valence-corrected chi connectivity index (χ4v) is 2.63. The van der Waals surface area contributed by atoms with E-state index < -0.39 is 0 Å². The summed E-state index contributed by atoms with van der Waals surface area (Å²) in [5.74, 6) is 0. The van der Waals surface area contributed by atoms with E-state index in [4.69, 9.17) is 5.73 Å². The van der Waals surface area contributed by atoms with Crippen LogP contribution in [-0.2, 0) is 0 Å². The van der Waals surface area contributed by atoms with Gasteiger partial charge in [0.1, 0.15) is 0 Å². The zero-order valence-corrected chi connectivity index (χ0v) is 11.3. The molecule has 0 radical (unpaired) electrons. The first-order valence-corrected chi connectivity index (χ1v) is 6.51. The first-order valence-electron chi connectivity index (χ1n) is 6.51. The van der Waals surface area contributed by atoms with Crippen LogP contribution in [0.2, 0.25) is 0 Å². The second-order valence-corrected chi connectivity index (χ2v) is 5.05. The van der Waals surface area contributed by atoms with Gasteiger partial charge in [-0.3, -0.25) is 0 Å². The lowest BCUT2D eigenvalue weighted by atomic mass is 9.93. The Kier molecular flexibility index (Phi) is 2.75. The molecule has 3 aromatic carbocycles. The molecular weight excluding hydrogens is 230 g/mol. The van der Waals surface area contributed by atoms with Gasteiger partial charge in [-0.2, -0.15) is 0 Å². The first kappa shape index (κ1) is 11.8. The molecule has 0 amide bonds. The lowest BCUT2D eigenvalue weighted by Gasteiger charge is -2.13. The summed E-state index contributed by atoms with van der Waals surface area (Å²) >= 11 is 0. The molecule has 3 rings (SSSR count). The number of anilines is 1. The van der Waals surface area contributed by atoms with E-state index in [1.54, 1.807) is 0 Å². The van der Waals surface area contributed by atoms with Gasteiger partial charge in [0.05, 0.1) is 0 Å². The van der Waals surface area contributed by atoms with Crippen LogP contribution in [0.4, 0.5) is 5.69 Å². The average molecular weight is 247 g/mol. The van der Waals surface area contributed by atoms with Crippen molar-refractivity contribution in [2.45, 2.75) is 13.8 Å². The summed E-state index contributed by atoms with van der Waals surface area (Å²) in [6.45, 7) is 4.18. The molecule has 0 saturated carbocycles. The largest absolute Gasteiger partial charge is 0.398 e. The van der Waals surface area contributed by atoms with Gasteiger partial charge in [-0.1, -0.05) is 48.5 Å². The van der Waals surface area contributed by atoms with Crippen molar-refractivity contribution in [2.24, 2.45) is 0 Å². The van der Waals surface area contributed by atoms with Crippen molar-refractivity contribution < 1.29 is 0 Å². The number of rotatable bonds is 1. The summed E-state index contributed by atoms with van der Waals surface area (Å²) < 4.78 is 0. The summed E-state index contributed by atoms with van der Waals surface area (Å²) in [4.78, 5) is 0. The fourth-order valence-electron chi connectivity index (χ4n) is 2.63. The predicted molar refractivity (Wildman–Crippen MR) is 83.3 cm³/mol. The van der Waals surface area contributed by atoms with Gasteiger partial charge in [0.25, 0.3) is 0 Å². The molecule has 0 aliphatic rings. The van der Waals surface area contributed by atoms with E-state index in [1.165, 1.54) is 27.5 Å². The highest BCUT2D eigenvalue weighted by atomic mass is 14.6. The van der Waals surface area contributed by atoms with Gasteiger partial charge < -0.3 is 5.73 Å². The molecule has 2 N–H and O–H groups in total. The summed E-state index contributed by atoms with van der Waals surface area (Å²) in [6.07, 6.45) is 0. The van der Waals surface area contributed by atoms with Crippen molar-refractivity contribution in [3.05, 3.63) is 65.7 Å². The number of hydrogen-bond acceptors (Lipinski definition) is 1. The topological polar surface area (TPSA) is 26.0 Å². The van der Waals surface area contributed by atoms with Crippen LogP contribution in [-0.4, -0.2) is 0 Å². The molecule has 0 saturated heterocycles. The third-order valence-electron chi connectivity index (χ3n) is 3.67. The van der Waals surface area contributed by atoms with Gasteiger partial charge in [-0.25, -0.2) is 0 Å². The Morgan fingerprint density at radius 3 is 2.37 bits per heavy atom. The van der Waals surface area contributed by atoms with E-state index in [0.717, 1.165) is 11.3 Å². The van der Waals surface area contributed by atoms with E-state index >= 15 is 0 Å². The lowest BCUT2D eigenvalue weighted by molar-refractivity contribution is 1.40. The monoisotopic (exact) mass is 247 g/mol. The Bertz CT molecular complexity index is 751. The summed E-state index contributed by atoms with van der Waals surface area (Å²) in [7, 11) is 0. The Balaban J connectivity index is 2.37. The molecule has 0 spiro atoms. The number of fused-ring (bicyclic) bond motifs is 1. The van der Waals surface area contributed by atoms with Crippen LogP contribution < -0.4 is 5.73 Å². The molecule has 0 atom stereocenters. The van der Waals surface area contributed by atoms with E-state index in [1.807, 2.05) is 6.07 Å². The molecule has 94 valence electrons. The Hall–Kier alpha value is -2.28. The maximum Gasteiger partial charge on any atom is 0.0352 e. The Labute approximate surface area is 113 Å². The minimum Gasteiger partial charge on any atom is -0.398 e. The zero-order valence-electron chi connectivity index (χ0n) is 11.3. The average Bonchev–Trinajstić information content (AvgIpc) is 2.42. The van der Waals surface area contributed by atoms with Gasteiger partial charge in [-0.15, -0.1) is 0 Å². The maximum absolute atomic E-state index is 6.10. The van der Waals surface area contributed by atoms with Crippen LogP contribution in [0.25, 0.3) is 21.9 Å². The highest BCUT2D eigenvalue weighted by molar-refractivity contribution is 5.98. The molecule has 0 bridgehead atoms. The maximum atomic E-state index is 6.10. The minimum atomic E-state index is 0.864. The standard InChI is InChI=1S/C18H17N/c1-12-10-17(13(2)18(19)11-12)16-9-5-7-14-6-3-4-8-15(14)16/h3-11H,19H2,1-2H3. The molecular formula is C18H17N. The highest BCUT2D eigenvalue weighted by Gasteiger charge is 2.08. The molecule has 19 heavy (non-hydrogen) atoms. The van der Waals surface area contributed by atoms with Gasteiger partial charge in [0.15, 0.2) is 0 Å². The number of nitrogens with two attached hydrogens (primary N) is 1. The number of aryl methyl sites for hydroxylation is 1. The van der Waals surface area contributed by atoms with Gasteiger partial charge in [0, 0.05) is 5.69 Å². The van der Waals surface area contributed by atoms with Crippen LogP contribution in [0.5, 0.6) is 0 Å². The van der Waals surface area contributed by atoms with Gasteiger partial charge >= 0.3 is 0 Å². The van der Waals surface area contributed by atoms with Crippen molar-refractivity contribution in [3.63, 3.8) is 0 Å². The molecule has 0 aromatic heterocycles. The van der Waals surface area contributed by atoms with Crippen molar-refractivity contribution in [2.75, 3.05) is 5.73 Å². The lowest BCUT2D eigenvalue weighted by Crippen LogP contribution is -1.94. The van der Waals surface area contributed by atoms with Crippen LogP contribution >= 0.6 is 0 Å². The van der Waals surface area contributed by atoms with E-state index in [2.05, 4.69) is 62.4 Å². The number of nitrogen functional groups attached to an aromatic ring is 1. The molecule has 0 aliphatic carbocycles. The Morgan fingerprint density at radius 2 is 1.53 bits per heavy atom. The molecule has 1 heteroatoms. The van der Waals surface area contributed by atoms with Crippen LogP contribution in [0.15, 0.2) is 54.6 Å². The Morgan fingerprint density at radius 1 is 0.789 bits per heavy atom. The van der Waals surface area contributed by atoms with Gasteiger partial charge in [-0.05, 0) is 52.9 Å². The van der Waals surface area contributed by atoms with Gasteiger partial charge in [0.2, 0.25) is 0 Å². The summed E-state index contributed by atoms with van der Waals surface area (Å²) in [6, 6.07) is 19.1. The SMILES string of the molecule is Cc1cc(N)c(C)c(-c2cccc3ccccc23)c1. The summed E-state index contributed by atoms with van der Waals surface area (Å²) in [5, 5.41) is 2.54. The smallest absolute Gasteiger partial charge is 0.0352 e. The predicted octanol–water partition coefficient (Wildman–Crippen LogP) is 4.71. The van der Waals surface area contributed by atoms with Crippen LogP contribution in [0.3, 0.4) is 0 Å². The molecule has 0 fully saturated rings. The van der Waals surface area contributed by atoms with Crippen molar-refractivity contribution in [3.8, 4) is 11.1 Å². The number of benzene rings is 3. The fraction of sp³-hybridized carbons (Fsp3) is 0.111. The first-order chi connectivity index (χ1) is 9.16. The van der Waals surface area contributed by atoms with E-state index in [-0.39, 0.29) is 0 Å². The second kappa shape index (κ2) is 4.43. The molecule has 0 heterocycles. The third-order valence-corrected chi connectivity index (χ3v) is 3.67. The quantitative estimate of drug-likeness (QED) is 0.619. The van der Waals surface area contributed by atoms with E-state index in [0.29, 0.717) is 0 Å². The number of hydrogen-bond donors (Lipinski definition) is 1. The second-order valence-electron chi connectivity index (χ2n) is 5.05. The molecule has 1 nitrogen and oxygen atoms in total. The highest BCUT2D eigenvalue weighted by Crippen LogP contribution is 2.33. The van der Waals surface area contributed by atoms with Crippen molar-refractivity contribution in [1.82, 2.24) is 0 Å². The molecule has 0 unspecified atom stereocenters. The van der Waals surface area contributed by atoms with Crippen LogP contribution in [0, 0.1) is 13.8 Å². The van der Waals surface area contributed by atoms with Crippen molar-refractivity contribution >= 4 is 16.5 Å². The zero-order chi connectivity index (χ0) is 13.4. The van der Waals surface area contributed by atoms with Crippen LogP contribution in [0.1, 0.15) is 11.1 Å².